The van der Waals surface area contributed by atoms with Crippen LogP contribution < -0.4 is 15.5 Å². The highest BCUT2D eigenvalue weighted by atomic mass is 16.1. The van der Waals surface area contributed by atoms with Gasteiger partial charge < -0.3 is 15.5 Å². The first-order valence-electron chi connectivity index (χ1n) is 10.3. The number of hydrogen-bond donors (Lipinski definition) is 3. The van der Waals surface area contributed by atoms with E-state index >= 15 is 0 Å². The van der Waals surface area contributed by atoms with E-state index in [4.69, 9.17) is 10.2 Å². The summed E-state index contributed by atoms with van der Waals surface area (Å²) in [6, 6.07) is 7.93. The molecule has 3 aromatic rings. The highest BCUT2D eigenvalue weighted by molar-refractivity contribution is 5.78. The Bertz CT molecular complexity index is 1100. The summed E-state index contributed by atoms with van der Waals surface area (Å²) in [7, 11) is 0. The van der Waals surface area contributed by atoms with Gasteiger partial charge in [-0.1, -0.05) is 0 Å². The number of nitrogens with one attached hydrogen (secondary N) is 3. The minimum atomic E-state index is -0.211. The fourth-order valence-corrected chi connectivity index (χ4v) is 3.84. The third-order valence-corrected chi connectivity index (χ3v) is 5.61. The smallest absolute Gasteiger partial charge is 0.245 e. The molecule has 3 aromatic heterocycles. The first-order chi connectivity index (χ1) is 14.7. The van der Waals surface area contributed by atoms with E-state index in [1.54, 1.807) is 0 Å². The average molecular weight is 405 g/mol. The maximum Gasteiger partial charge on any atom is 0.245 e. The molecule has 0 atom stereocenters. The molecule has 2 aliphatic rings. The van der Waals surface area contributed by atoms with Crippen LogP contribution in [0.5, 0.6) is 0 Å². The first kappa shape index (κ1) is 18.4. The number of rotatable bonds is 6. The summed E-state index contributed by atoms with van der Waals surface area (Å²) in [5.74, 6) is 2.56. The molecule has 0 bridgehead atoms. The average Bonchev–Trinajstić information content (AvgIpc) is 3.29. The van der Waals surface area contributed by atoms with Gasteiger partial charge in [-0.2, -0.15) is 15.3 Å². The second kappa shape index (κ2) is 7.67. The second-order valence-corrected chi connectivity index (χ2v) is 7.87. The lowest BCUT2D eigenvalue weighted by Gasteiger charge is -2.32. The maximum absolute atomic E-state index is 11.7. The Labute approximate surface area is 173 Å². The summed E-state index contributed by atoms with van der Waals surface area (Å²) >= 11 is 0. The molecule has 2 fully saturated rings. The Kier molecular flexibility index (Phi) is 4.71. The summed E-state index contributed by atoms with van der Waals surface area (Å²) in [6.07, 6.45) is 5.80. The number of carbonyl (C=O) groups excluding carboxylic acids is 1. The van der Waals surface area contributed by atoms with Crippen molar-refractivity contribution in [2.24, 2.45) is 0 Å². The molecular formula is C20H23N9O. The Balaban J connectivity index is 1.31. The molecule has 1 aliphatic carbocycles. The molecule has 4 heterocycles. The summed E-state index contributed by atoms with van der Waals surface area (Å²) < 4.78 is 1.82. The van der Waals surface area contributed by atoms with Crippen LogP contribution >= 0.6 is 0 Å². The van der Waals surface area contributed by atoms with Gasteiger partial charge in [-0.25, -0.2) is 4.52 Å². The number of nitriles is 1. The third-order valence-electron chi connectivity index (χ3n) is 5.61. The molecular weight excluding hydrogens is 382 g/mol. The lowest BCUT2D eigenvalue weighted by atomic mass is 10.1. The van der Waals surface area contributed by atoms with Crippen LogP contribution in [0.3, 0.4) is 0 Å². The molecule has 5 rings (SSSR count). The van der Waals surface area contributed by atoms with Gasteiger partial charge in [0.2, 0.25) is 11.9 Å². The minimum absolute atomic E-state index is 0.0841. The van der Waals surface area contributed by atoms with E-state index in [0.717, 1.165) is 48.8 Å². The predicted molar refractivity (Wildman–Crippen MR) is 110 cm³/mol. The molecule has 3 N–H and O–H groups in total. The highest BCUT2D eigenvalue weighted by Crippen LogP contribution is 2.39. The van der Waals surface area contributed by atoms with Gasteiger partial charge in [-0.3, -0.25) is 9.89 Å². The van der Waals surface area contributed by atoms with Crippen LogP contribution in [-0.4, -0.2) is 49.8 Å². The van der Waals surface area contributed by atoms with Gasteiger partial charge in [0.1, 0.15) is 17.8 Å². The Morgan fingerprint density at radius 3 is 2.90 bits per heavy atom. The third kappa shape index (κ3) is 3.78. The highest BCUT2D eigenvalue weighted by Gasteiger charge is 2.27. The fraction of sp³-hybridized carbons (Fsp3) is 0.450. The van der Waals surface area contributed by atoms with E-state index in [2.05, 4.69) is 30.8 Å². The molecule has 0 spiro atoms. The van der Waals surface area contributed by atoms with E-state index in [-0.39, 0.29) is 18.4 Å². The van der Waals surface area contributed by atoms with E-state index < -0.39 is 0 Å². The Morgan fingerprint density at radius 2 is 2.13 bits per heavy atom. The lowest BCUT2D eigenvalue weighted by Crippen LogP contribution is -2.45. The quantitative estimate of drug-likeness (QED) is 0.573. The molecule has 0 radical (unpaired) electrons. The molecule has 154 valence electrons. The summed E-state index contributed by atoms with van der Waals surface area (Å²) in [5.41, 5.74) is 1.98. The van der Waals surface area contributed by atoms with Crippen LogP contribution in [0.4, 0.5) is 17.6 Å². The number of aromatic amines is 1. The number of carbonyl (C=O) groups is 1. The van der Waals surface area contributed by atoms with Crippen LogP contribution in [0, 0.1) is 11.3 Å². The van der Waals surface area contributed by atoms with Gasteiger partial charge in [0.05, 0.1) is 11.8 Å². The van der Waals surface area contributed by atoms with Crippen molar-refractivity contribution in [3.8, 4) is 6.07 Å². The number of H-pyrrole nitrogens is 1. The molecule has 1 aliphatic heterocycles. The number of nitrogens with zero attached hydrogens (tertiary/aromatic N) is 6. The van der Waals surface area contributed by atoms with Crippen LogP contribution in [-0.2, 0) is 4.79 Å². The van der Waals surface area contributed by atoms with Crippen molar-refractivity contribution < 1.29 is 4.79 Å². The summed E-state index contributed by atoms with van der Waals surface area (Å²) in [6.45, 7) is 1.47. The van der Waals surface area contributed by atoms with Gasteiger partial charge in [0, 0.05) is 37.3 Å². The normalized spacial score (nSPS) is 17.1. The zero-order valence-electron chi connectivity index (χ0n) is 16.5. The SMILES string of the molecule is N#CCC(=O)NC1CCN(c2nc(Nc3cc(C4CC4)n[nH]3)c3cccn3n2)CC1. The molecule has 10 nitrogen and oxygen atoms in total. The topological polar surface area (TPSA) is 127 Å². The van der Waals surface area contributed by atoms with Gasteiger partial charge >= 0.3 is 0 Å². The van der Waals surface area contributed by atoms with Crippen LogP contribution in [0.2, 0.25) is 0 Å². The molecule has 1 amide bonds. The van der Waals surface area contributed by atoms with E-state index in [0.29, 0.717) is 11.9 Å². The first-order valence-corrected chi connectivity index (χ1v) is 10.3. The van der Waals surface area contributed by atoms with Crippen molar-refractivity contribution in [2.45, 2.75) is 44.1 Å². The molecule has 0 unspecified atom stereocenters. The van der Waals surface area contributed by atoms with Gasteiger partial charge in [-0.15, -0.1) is 5.10 Å². The van der Waals surface area contributed by atoms with Crippen molar-refractivity contribution in [3.63, 3.8) is 0 Å². The summed E-state index contributed by atoms with van der Waals surface area (Å²) in [4.78, 5) is 18.6. The minimum Gasteiger partial charge on any atom is -0.352 e. The van der Waals surface area contributed by atoms with Crippen molar-refractivity contribution in [1.82, 2.24) is 30.1 Å². The second-order valence-electron chi connectivity index (χ2n) is 7.87. The Hall–Kier alpha value is -3.61. The van der Waals surface area contributed by atoms with Gasteiger partial charge in [0.15, 0.2) is 5.82 Å². The fourth-order valence-electron chi connectivity index (χ4n) is 3.84. The standard InChI is InChI=1S/C20H23N9O/c21-8-5-18(30)22-14-6-10-28(11-7-14)20-24-19(16-2-1-9-29(16)27-20)23-17-12-15(25-26-17)13-3-4-13/h1-2,9,12-14H,3-7,10-11H2,(H,22,30)(H2,23,24,25,26,27). The Morgan fingerprint density at radius 1 is 1.30 bits per heavy atom. The van der Waals surface area contributed by atoms with E-state index in [9.17, 15) is 4.79 Å². The van der Waals surface area contributed by atoms with Crippen LogP contribution in [0.15, 0.2) is 24.4 Å². The van der Waals surface area contributed by atoms with Crippen molar-refractivity contribution >= 4 is 29.0 Å². The van der Waals surface area contributed by atoms with E-state index in [1.807, 2.05) is 35.0 Å². The monoisotopic (exact) mass is 405 g/mol. The number of amides is 1. The number of aromatic nitrogens is 5. The zero-order chi connectivity index (χ0) is 20.5. The lowest BCUT2D eigenvalue weighted by molar-refractivity contribution is -0.120. The van der Waals surface area contributed by atoms with Crippen molar-refractivity contribution in [2.75, 3.05) is 23.3 Å². The predicted octanol–water partition coefficient (Wildman–Crippen LogP) is 2.07. The maximum atomic E-state index is 11.7. The number of hydrogen-bond acceptors (Lipinski definition) is 7. The van der Waals surface area contributed by atoms with Gasteiger partial charge in [-0.05, 0) is 37.8 Å². The summed E-state index contributed by atoms with van der Waals surface area (Å²) in [5, 5.41) is 27.0. The number of piperidine rings is 1. The van der Waals surface area contributed by atoms with Crippen LogP contribution in [0.1, 0.15) is 43.7 Å². The number of fused-ring (bicyclic) bond motifs is 1. The number of anilines is 3. The van der Waals surface area contributed by atoms with Crippen LogP contribution in [0.25, 0.3) is 5.52 Å². The zero-order valence-corrected chi connectivity index (χ0v) is 16.5. The molecule has 30 heavy (non-hydrogen) atoms. The van der Waals surface area contributed by atoms with Gasteiger partial charge in [0.25, 0.3) is 0 Å². The molecule has 1 saturated heterocycles. The van der Waals surface area contributed by atoms with Crippen molar-refractivity contribution in [1.29, 1.82) is 5.26 Å². The largest absolute Gasteiger partial charge is 0.352 e. The van der Waals surface area contributed by atoms with E-state index in [1.165, 1.54) is 12.8 Å². The molecule has 10 heteroatoms. The molecule has 0 aromatic carbocycles. The van der Waals surface area contributed by atoms with Crippen molar-refractivity contribution in [3.05, 3.63) is 30.1 Å². The molecule has 1 saturated carbocycles.